The third kappa shape index (κ3) is 1.17. The number of hydrogen-bond acceptors (Lipinski definition) is 3. The Balaban J connectivity index is 3.01. The van der Waals surface area contributed by atoms with Gasteiger partial charge in [-0.1, -0.05) is 0 Å². The predicted molar refractivity (Wildman–Crippen MR) is 40.0 cm³/mol. The molecule has 66 valence electrons. The van der Waals surface area contributed by atoms with Gasteiger partial charge in [0.1, 0.15) is 10.3 Å². The van der Waals surface area contributed by atoms with E-state index in [0.717, 1.165) is 0 Å². The second-order valence-electron chi connectivity index (χ2n) is 3.50. The molecule has 1 rings (SSSR count). The van der Waals surface area contributed by atoms with E-state index >= 15 is 0 Å². The van der Waals surface area contributed by atoms with Crippen molar-refractivity contribution in [2.24, 2.45) is 0 Å². The van der Waals surface area contributed by atoms with E-state index in [4.69, 9.17) is 9.29 Å². The number of epoxide rings is 1. The van der Waals surface area contributed by atoms with Gasteiger partial charge in [-0.15, -0.1) is 0 Å². The van der Waals surface area contributed by atoms with Gasteiger partial charge < -0.3 is 4.74 Å². The highest BCUT2D eigenvalue weighted by Crippen LogP contribution is 2.42. The second-order valence-corrected chi connectivity index (χ2v) is 5.48. The molecule has 1 N–H and O–H groups in total. The molecule has 0 aromatic rings. The molecular formula is C6H12O4S. The Bertz CT molecular complexity index is 260. The van der Waals surface area contributed by atoms with Crippen LogP contribution in [-0.2, 0) is 14.9 Å². The lowest BCUT2D eigenvalue weighted by molar-refractivity contribution is 0.261. The molecule has 1 unspecified atom stereocenters. The lowest BCUT2D eigenvalue weighted by Gasteiger charge is -2.24. The van der Waals surface area contributed by atoms with Gasteiger partial charge in [0.25, 0.3) is 10.1 Å². The number of hydrogen-bond donors (Lipinski definition) is 1. The molecule has 0 saturated carbocycles. The number of rotatable bonds is 2. The highest BCUT2D eigenvalue weighted by atomic mass is 32.2. The van der Waals surface area contributed by atoms with Crippen LogP contribution in [0.1, 0.15) is 20.8 Å². The normalized spacial score (nSPS) is 32.0. The standard InChI is InChI=1S/C6H12O4S/c1-5(2,11(7,8)9)6(3)4-10-6/h4H2,1-3H3,(H,7,8,9). The van der Waals surface area contributed by atoms with Crippen LogP contribution in [0, 0.1) is 0 Å². The van der Waals surface area contributed by atoms with E-state index in [0.29, 0.717) is 6.61 Å². The molecule has 1 aliphatic heterocycles. The first-order valence-corrected chi connectivity index (χ1v) is 4.76. The summed E-state index contributed by atoms with van der Waals surface area (Å²) in [7, 11) is -4.02. The van der Waals surface area contributed by atoms with Crippen molar-refractivity contribution in [3.05, 3.63) is 0 Å². The van der Waals surface area contributed by atoms with E-state index < -0.39 is 20.5 Å². The first-order chi connectivity index (χ1) is 4.71. The van der Waals surface area contributed by atoms with Gasteiger partial charge in [0.05, 0.1) is 6.61 Å². The minimum absolute atomic E-state index is 0.389. The Morgan fingerprint density at radius 1 is 1.55 bits per heavy atom. The summed E-state index contributed by atoms with van der Waals surface area (Å²) >= 11 is 0. The van der Waals surface area contributed by atoms with Crippen molar-refractivity contribution in [1.82, 2.24) is 0 Å². The molecule has 5 heteroatoms. The van der Waals surface area contributed by atoms with Crippen LogP contribution >= 0.6 is 0 Å². The van der Waals surface area contributed by atoms with E-state index in [2.05, 4.69) is 0 Å². The van der Waals surface area contributed by atoms with Crippen LogP contribution in [0.5, 0.6) is 0 Å². The minimum atomic E-state index is -4.02. The molecule has 0 amide bonds. The third-order valence-corrected chi connectivity index (χ3v) is 4.22. The fourth-order valence-electron chi connectivity index (χ4n) is 0.729. The predicted octanol–water partition coefficient (Wildman–Crippen LogP) is 0.442. The quantitative estimate of drug-likeness (QED) is 0.494. The van der Waals surface area contributed by atoms with Gasteiger partial charge in [-0.25, -0.2) is 0 Å². The van der Waals surface area contributed by atoms with Gasteiger partial charge in [-0.2, -0.15) is 8.42 Å². The minimum Gasteiger partial charge on any atom is -0.368 e. The summed E-state index contributed by atoms with van der Waals surface area (Å²) in [4.78, 5) is 0. The van der Waals surface area contributed by atoms with Gasteiger partial charge >= 0.3 is 0 Å². The Morgan fingerprint density at radius 3 is 2.00 bits per heavy atom. The maximum atomic E-state index is 10.8. The average Bonchev–Trinajstić information content (AvgIpc) is 2.45. The maximum absolute atomic E-state index is 10.8. The van der Waals surface area contributed by atoms with E-state index in [1.165, 1.54) is 13.8 Å². The Hall–Kier alpha value is -0.130. The summed E-state index contributed by atoms with van der Waals surface area (Å²) in [6.45, 7) is 4.96. The van der Waals surface area contributed by atoms with Crippen LogP contribution in [0.2, 0.25) is 0 Å². The molecule has 0 aromatic carbocycles. The van der Waals surface area contributed by atoms with E-state index in [1.54, 1.807) is 6.92 Å². The molecule has 1 aliphatic rings. The van der Waals surface area contributed by atoms with E-state index in [-0.39, 0.29) is 0 Å². The zero-order valence-corrected chi connectivity index (χ0v) is 7.60. The monoisotopic (exact) mass is 180 g/mol. The van der Waals surface area contributed by atoms with Crippen molar-refractivity contribution < 1.29 is 17.7 Å². The average molecular weight is 180 g/mol. The van der Waals surface area contributed by atoms with E-state index in [9.17, 15) is 8.42 Å². The van der Waals surface area contributed by atoms with Gasteiger partial charge in [0, 0.05) is 0 Å². The molecular weight excluding hydrogens is 168 g/mol. The van der Waals surface area contributed by atoms with Gasteiger partial charge in [-0.3, -0.25) is 4.55 Å². The molecule has 0 aromatic heterocycles. The molecule has 1 heterocycles. The summed E-state index contributed by atoms with van der Waals surface area (Å²) in [6, 6.07) is 0. The fraction of sp³-hybridized carbons (Fsp3) is 1.00. The maximum Gasteiger partial charge on any atom is 0.273 e. The van der Waals surface area contributed by atoms with Crippen molar-refractivity contribution >= 4 is 10.1 Å². The second kappa shape index (κ2) is 1.97. The zero-order chi connectivity index (χ0) is 8.91. The van der Waals surface area contributed by atoms with Crippen molar-refractivity contribution in [2.45, 2.75) is 31.1 Å². The summed E-state index contributed by atoms with van der Waals surface area (Å²) in [6.07, 6.45) is 0. The molecule has 0 radical (unpaired) electrons. The van der Waals surface area contributed by atoms with E-state index in [1.807, 2.05) is 0 Å². The van der Waals surface area contributed by atoms with Crippen molar-refractivity contribution in [3.8, 4) is 0 Å². The molecule has 0 spiro atoms. The molecule has 0 aliphatic carbocycles. The Morgan fingerprint density at radius 2 is 1.91 bits per heavy atom. The fourth-order valence-corrected chi connectivity index (χ4v) is 1.39. The molecule has 0 bridgehead atoms. The first kappa shape index (κ1) is 8.96. The highest BCUT2D eigenvalue weighted by molar-refractivity contribution is 7.87. The summed E-state index contributed by atoms with van der Waals surface area (Å²) in [5, 5.41) is 0. The largest absolute Gasteiger partial charge is 0.368 e. The third-order valence-electron chi connectivity index (χ3n) is 2.50. The van der Waals surface area contributed by atoms with Crippen LogP contribution in [0.3, 0.4) is 0 Å². The van der Waals surface area contributed by atoms with Gasteiger partial charge in [0.2, 0.25) is 0 Å². The van der Waals surface area contributed by atoms with Crippen molar-refractivity contribution in [1.29, 1.82) is 0 Å². The first-order valence-electron chi connectivity index (χ1n) is 3.32. The van der Waals surface area contributed by atoms with Crippen LogP contribution in [0.15, 0.2) is 0 Å². The van der Waals surface area contributed by atoms with Crippen LogP contribution < -0.4 is 0 Å². The molecule has 1 fully saturated rings. The molecule has 1 saturated heterocycles. The molecule has 4 nitrogen and oxygen atoms in total. The van der Waals surface area contributed by atoms with Gasteiger partial charge in [0.15, 0.2) is 0 Å². The highest BCUT2D eigenvalue weighted by Gasteiger charge is 2.59. The van der Waals surface area contributed by atoms with Crippen LogP contribution in [-0.4, -0.2) is 29.9 Å². The van der Waals surface area contributed by atoms with Crippen LogP contribution in [0.4, 0.5) is 0 Å². The summed E-state index contributed by atoms with van der Waals surface area (Å²) < 4.78 is 34.2. The number of ether oxygens (including phenoxy) is 1. The Kier molecular flexibility index (Phi) is 1.60. The summed E-state index contributed by atoms with van der Waals surface area (Å²) in [5.74, 6) is 0. The van der Waals surface area contributed by atoms with Crippen molar-refractivity contribution in [2.75, 3.05) is 6.61 Å². The SMILES string of the molecule is CC1(C(C)(C)S(=O)(=O)O)CO1. The Labute approximate surface area is 66.3 Å². The van der Waals surface area contributed by atoms with Crippen LogP contribution in [0.25, 0.3) is 0 Å². The smallest absolute Gasteiger partial charge is 0.273 e. The van der Waals surface area contributed by atoms with Crippen molar-refractivity contribution in [3.63, 3.8) is 0 Å². The molecule has 11 heavy (non-hydrogen) atoms. The topological polar surface area (TPSA) is 66.9 Å². The van der Waals surface area contributed by atoms with Gasteiger partial charge in [-0.05, 0) is 20.8 Å². The zero-order valence-electron chi connectivity index (χ0n) is 6.79. The summed E-state index contributed by atoms with van der Waals surface area (Å²) in [5.41, 5.74) is -0.708. The lowest BCUT2D eigenvalue weighted by atomic mass is 9.98. The molecule has 1 atom stereocenters. The lowest BCUT2D eigenvalue weighted by Crippen LogP contribution is -2.44.